The highest BCUT2D eigenvalue weighted by Crippen LogP contribution is 2.27. The van der Waals surface area contributed by atoms with Crippen molar-refractivity contribution in [2.24, 2.45) is 0 Å². The highest BCUT2D eigenvalue weighted by atomic mass is 79.9. The monoisotopic (exact) mass is 284 g/mol. The molecule has 0 radical (unpaired) electrons. The van der Waals surface area contributed by atoms with Crippen LogP contribution in [0.15, 0.2) is 16.7 Å². The molecule has 0 aromatic carbocycles. The summed E-state index contributed by atoms with van der Waals surface area (Å²) in [5, 5.41) is 9.90. The number of pyridine rings is 1. The molecule has 1 aliphatic heterocycles. The summed E-state index contributed by atoms with van der Waals surface area (Å²) in [6.07, 6.45) is 3.45. The van der Waals surface area contributed by atoms with Crippen LogP contribution in [0.4, 0.5) is 5.82 Å². The Morgan fingerprint density at radius 2 is 2.06 bits per heavy atom. The summed E-state index contributed by atoms with van der Waals surface area (Å²) in [5.41, 5.74) is 0.677. The number of aliphatic hydroxyl groups is 1. The van der Waals surface area contributed by atoms with Gasteiger partial charge >= 0.3 is 0 Å². The molecule has 1 aromatic heterocycles. The van der Waals surface area contributed by atoms with Crippen LogP contribution in [0.25, 0.3) is 0 Å². The van der Waals surface area contributed by atoms with Crippen molar-refractivity contribution in [1.29, 1.82) is 0 Å². The first-order valence-electron chi connectivity index (χ1n) is 5.57. The van der Waals surface area contributed by atoms with Gasteiger partial charge in [0.05, 0.1) is 5.60 Å². The van der Waals surface area contributed by atoms with E-state index in [4.69, 9.17) is 0 Å². The average molecular weight is 285 g/mol. The van der Waals surface area contributed by atoms with Crippen molar-refractivity contribution in [3.05, 3.63) is 22.3 Å². The van der Waals surface area contributed by atoms with Crippen LogP contribution in [-0.2, 0) is 0 Å². The van der Waals surface area contributed by atoms with E-state index in [1.165, 1.54) is 5.56 Å². The smallest absolute Gasteiger partial charge is 0.131 e. The van der Waals surface area contributed by atoms with Gasteiger partial charge in [-0.25, -0.2) is 4.98 Å². The molecule has 4 heteroatoms. The maximum Gasteiger partial charge on any atom is 0.131 e. The molecular formula is C12H17BrN2O. The van der Waals surface area contributed by atoms with Crippen LogP contribution in [0.3, 0.4) is 0 Å². The fraction of sp³-hybridized carbons (Fsp3) is 0.583. The lowest BCUT2D eigenvalue weighted by Crippen LogP contribution is -2.43. The van der Waals surface area contributed by atoms with Gasteiger partial charge in [-0.15, -0.1) is 0 Å². The number of anilines is 1. The number of hydrogen-bond donors (Lipinski definition) is 1. The zero-order chi connectivity index (χ0) is 11.8. The Balaban J connectivity index is 2.14. The van der Waals surface area contributed by atoms with Gasteiger partial charge in [0.15, 0.2) is 0 Å². The van der Waals surface area contributed by atoms with E-state index in [1.807, 2.05) is 13.1 Å². The van der Waals surface area contributed by atoms with E-state index in [1.54, 1.807) is 0 Å². The van der Waals surface area contributed by atoms with Gasteiger partial charge in [-0.05, 0) is 54.2 Å². The van der Waals surface area contributed by atoms with Crippen molar-refractivity contribution in [2.45, 2.75) is 32.3 Å². The average Bonchev–Trinajstić information content (AvgIpc) is 2.19. The molecule has 2 heterocycles. The minimum absolute atomic E-state index is 0.500. The van der Waals surface area contributed by atoms with Crippen molar-refractivity contribution in [1.82, 2.24) is 4.98 Å². The summed E-state index contributed by atoms with van der Waals surface area (Å²) in [5.74, 6) is 1.04. The molecule has 0 atom stereocenters. The van der Waals surface area contributed by atoms with E-state index in [-0.39, 0.29) is 0 Å². The number of nitrogens with zero attached hydrogens (tertiary/aromatic N) is 2. The Hall–Kier alpha value is -0.610. The zero-order valence-electron chi connectivity index (χ0n) is 9.70. The molecule has 0 aliphatic carbocycles. The summed E-state index contributed by atoms with van der Waals surface area (Å²) in [7, 11) is 0. The highest BCUT2D eigenvalue weighted by Gasteiger charge is 2.28. The Labute approximate surface area is 105 Å². The second-order valence-corrected chi connectivity index (χ2v) is 5.69. The maximum atomic E-state index is 9.90. The van der Waals surface area contributed by atoms with E-state index in [0.717, 1.165) is 36.2 Å². The minimum atomic E-state index is -0.500. The molecule has 1 N–H and O–H groups in total. The summed E-state index contributed by atoms with van der Waals surface area (Å²) in [4.78, 5) is 6.70. The number of rotatable bonds is 1. The van der Waals surface area contributed by atoms with Gasteiger partial charge in [-0.1, -0.05) is 0 Å². The van der Waals surface area contributed by atoms with Crippen molar-refractivity contribution in [3.63, 3.8) is 0 Å². The molecule has 1 saturated heterocycles. The van der Waals surface area contributed by atoms with Gasteiger partial charge in [-0.2, -0.15) is 0 Å². The molecule has 0 spiro atoms. The van der Waals surface area contributed by atoms with E-state index in [9.17, 15) is 5.11 Å². The van der Waals surface area contributed by atoms with Crippen molar-refractivity contribution < 1.29 is 5.11 Å². The summed E-state index contributed by atoms with van der Waals surface area (Å²) < 4.78 is 1.01. The SMILES string of the molecule is Cc1cc(Br)cnc1N1CCC(C)(O)CC1. The number of aromatic nitrogens is 1. The number of piperidine rings is 1. The first kappa shape index (κ1) is 11.9. The topological polar surface area (TPSA) is 36.4 Å². The predicted octanol–water partition coefficient (Wildman–Crippen LogP) is 2.50. The van der Waals surface area contributed by atoms with Crippen LogP contribution in [0.2, 0.25) is 0 Å². The summed E-state index contributed by atoms with van der Waals surface area (Å²) in [6, 6.07) is 2.08. The fourth-order valence-electron chi connectivity index (χ4n) is 2.06. The Bertz CT molecular complexity index is 383. The van der Waals surface area contributed by atoms with Crippen LogP contribution < -0.4 is 4.90 Å². The van der Waals surface area contributed by atoms with Gasteiger partial charge in [0, 0.05) is 23.8 Å². The lowest BCUT2D eigenvalue weighted by molar-refractivity contribution is 0.0350. The first-order valence-corrected chi connectivity index (χ1v) is 6.37. The molecule has 0 unspecified atom stereocenters. The van der Waals surface area contributed by atoms with Crippen LogP contribution in [0, 0.1) is 6.92 Å². The molecule has 2 rings (SSSR count). The lowest BCUT2D eigenvalue weighted by atomic mass is 9.94. The molecular weight excluding hydrogens is 268 g/mol. The molecule has 1 aliphatic rings. The second-order valence-electron chi connectivity index (χ2n) is 4.78. The maximum absolute atomic E-state index is 9.90. The van der Waals surface area contributed by atoms with E-state index in [2.05, 4.69) is 38.8 Å². The molecule has 0 saturated carbocycles. The Morgan fingerprint density at radius 3 is 2.62 bits per heavy atom. The van der Waals surface area contributed by atoms with Gasteiger partial charge in [0.25, 0.3) is 0 Å². The van der Waals surface area contributed by atoms with E-state index < -0.39 is 5.60 Å². The standard InChI is InChI=1S/C12H17BrN2O/c1-9-7-10(13)8-14-11(9)15-5-3-12(2,16)4-6-15/h7-8,16H,3-6H2,1-2H3. The van der Waals surface area contributed by atoms with Crippen LogP contribution in [0.1, 0.15) is 25.3 Å². The molecule has 16 heavy (non-hydrogen) atoms. The molecule has 1 fully saturated rings. The van der Waals surface area contributed by atoms with Crippen molar-refractivity contribution in [3.8, 4) is 0 Å². The van der Waals surface area contributed by atoms with Gasteiger partial charge in [-0.3, -0.25) is 0 Å². The van der Waals surface area contributed by atoms with Crippen molar-refractivity contribution in [2.75, 3.05) is 18.0 Å². The van der Waals surface area contributed by atoms with Crippen LogP contribution in [-0.4, -0.2) is 28.8 Å². The molecule has 3 nitrogen and oxygen atoms in total. The predicted molar refractivity (Wildman–Crippen MR) is 68.7 cm³/mol. The highest BCUT2D eigenvalue weighted by molar-refractivity contribution is 9.10. The first-order chi connectivity index (χ1) is 7.48. The number of hydrogen-bond acceptors (Lipinski definition) is 3. The van der Waals surface area contributed by atoms with E-state index >= 15 is 0 Å². The third-order valence-corrected chi connectivity index (χ3v) is 3.59. The molecule has 1 aromatic rings. The quantitative estimate of drug-likeness (QED) is 0.861. The van der Waals surface area contributed by atoms with Gasteiger partial charge < -0.3 is 10.0 Å². The van der Waals surface area contributed by atoms with Crippen molar-refractivity contribution >= 4 is 21.7 Å². The normalized spacial score (nSPS) is 19.9. The Kier molecular flexibility index (Phi) is 3.22. The number of aryl methyl sites for hydroxylation is 1. The van der Waals surface area contributed by atoms with E-state index in [0.29, 0.717) is 0 Å². The minimum Gasteiger partial charge on any atom is -0.390 e. The zero-order valence-corrected chi connectivity index (χ0v) is 11.3. The largest absolute Gasteiger partial charge is 0.390 e. The summed E-state index contributed by atoms with van der Waals surface area (Å²) in [6.45, 7) is 5.73. The molecule has 0 amide bonds. The third kappa shape index (κ3) is 2.55. The van der Waals surface area contributed by atoms with Crippen LogP contribution in [0.5, 0.6) is 0 Å². The van der Waals surface area contributed by atoms with Gasteiger partial charge in [0.2, 0.25) is 0 Å². The van der Waals surface area contributed by atoms with Crippen LogP contribution >= 0.6 is 15.9 Å². The molecule has 0 bridgehead atoms. The fourth-order valence-corrected chi connectivity index (χ4v) is 2.51. The van der Waals surface area contributed by atoms with Gasteiger partial charge in [0.1, 0.15) is 5.82 Å². The second kappa shape index (κ2) is 4.34. The molecule has 88 valence electrons. The summed E-state index contributed by atoms with van der Waals surface area (Å²) >= 11 is 3.42. The lowest BCUT2D eigenvalue weighted by Gasteiger charge is -2.37. The third-order valence-electron chi connectivity index (χ3n) is 3.16. The Morgan fingerprint density at radius 1 is 1.44 bits per heavy atom. The number of halogens is 1.